The van der Waals surface area contributed by atoms with Gasteiger partial charge in [-0.2, -0.15) is 0 Å². The van der Waals surface area contributed by atoms with Gasteiger partial charge in [-0.25, -0.2) is 0 Å². The third kappa shape index (κ3) is 4.58. The normalized spacial score (nSPS) is 19.1. The molecule has 0 radical (unpaired) electrons. The van der Waals surface area contributed by atoms with Gasteiger partial charge in [0.05, 0.1) is 6.26 Å². The molecule has 27 heavy (non-hydrogen) atoms. The molecule has 2 atom stereocenters. The summed E-state index contributed by atoms with van der Waals surface area (Å²) in [5.74, 6) is -0.485. The fourth-order valence-corrected chi connectivity index (χ4v) is 3.30. The number of nitrogens with one attached hydrogen (secondary N) is 2. The van der Waals surface area contributed by atoms with E-state index < -0.39 is 6.04 Å². The summed E-state index contributed by atoms with van der Waals surface area (Å²) in [4.78, 5) is 38.8. The van der Waals surface area contributed by atoms with E-state index in [1.54, 1.807) is 12.1 Å². The predicted octanol–water partition coefficient (Wildman–Crippen LogP) is 1.01. The lowest BCUT2D eigenvalue weighted by Gasteiger charge is -2.22. The first-order valence-electron chi connectivity index (χ1n) is 9.10. The highest BCUT2D eigenvalue weighted by molar-refractivity contribution is 5.96. The van der Waals surface area contributed by atoms with Gasteiger partial charge in [0.15, 0.2) is 5.76 Å². The fraction of sp³-hybridized carbons (Fsp3) is 0.421. The van der Waals surface area contributed by atoms with Crippen LogP contribution >= 0.6 is 0 Å². The number of furan rings is 1. The van der Waals surface area contributed by atoms with Gasteiger partial charge in [-0.3, -0.25) is 14.4 Å². The summed E-state index contributed by atoms with van der Waals surface area (Å²) in [6.45, 7) is 3.16. The van der Waals surface area contributed by atoms with Crippen molar-refractivity contribution >= 4 is 17.7 Å². The maximum Gasteiger partial charge on any atom is 0.290 e. The number of likely N-dealkylation sites (N-methyl/N-ethyl adjacent to an activating group) is 1. The number of amides is 3. The summed E-state index contributed by atoms with van der Waals surface area (Å²) in [6, 6.07) is 6.12. The minimum absolute atomic E-state index is 0.101. The summed E-state index contributed by atoms with van der Waals surface area (Å²) in [5.41, 5.74) is 0. The summed E-state index contributed by atoms with van der Waals surface area (Å²) >= 11 is 0. The minimum Gasteiger partial charge on any atom is -0.459 e. The molecule has 3 heterocycles. The molecule has 1 aliphatic heterocycles. The molecule has 8 nitrogen and oxygen atoms in total. The standard InChI is InChI=1S/C19H24N4O4/c1-2-20-18(25)15-12-14(13-23(15)19(26)16-6-5-11-27-16)21-17(24)7-10-22-8-3-4-9-22/h3-6,8-9,11,14-15H,2,7,10,12-13H2,1H3,(H,20,25)(H,21,24)/t14-,15+/m1/s1. The Labute approximate surface area is 157 Å². The Bertz CT molecular complexity index is 770. The summed E-state index contributed by atoms with van der Waals surface area (Å²) in [7, 11) is 0. The molecule has 0 saturated carbocycles. The van der Waals surface area contributed by atoms with Crippen LogP contribution in [0.2, 0.25) is 0 Å². The molecule has 1 aliphatic rings. The fourth-order valence-electron chi connectivity index (χ4n) is 3.30. The number of nitrogens with zero attached hydrogens (tertiary/aromatic N) is 2. The molecule has 0 aromatic carbocycles. The van der Waals surface area contributed by atoms with Crippen molar-refractivity contribution in [3.8, 4) is 0 Å². The van der Waals surface area contributed by atoms with Crippen LogP contribution in [0.15, 0.2) is 47.3 Å². The number of aromatic nitrogens is 1. The van der Waals surface area contributed by atoms with Crippen LogP contribution in [0.1, 0.15) is 30.3 Å². The summed E-state index contributed by atoms with van der Waals surface area (Å²) < 4.78 is 7.11. The van der Waals surface area contributed by atoms with Crippen molar-refractivity contribution in [1.82, 2.24) is 20.1 Å². The van der Waals surface area contributed by atoms with E-state index >= 15 is 0 Å². The van der Waals surface area contributed by atoms with Gasteiger partial charge in [-0.15, -0.1) is 0 Å². The van der Waals surface area contributed by atoms with E-state index in [-0.39, 0.29) is 36.1 Å². The highest BCUT2D eigenvalue weighted by atomic mass is 16.3. The maximum absolute atomic E-state index is 12.7. The lowest BCUT2D eigenvalue weighted by atomic mass is 10.1. The molecular weight excluding hydrogens is 348 g/mol. The average molecular weight is 372 g/mol. The second kappa shape index (κ2) is 8.57. The molecule has 0 spiro atoms. The van der Waals surface area contributed by atoms with Crippen LogP contribution in [0.3, 0.4) is 0 Å². The van der Waals surface area contributed by atoms with Crippen molar-refractivity contribution in [2.45, 2.75) is 38.4 Å². The van der Waals surface area contributed by atoms with Gasteiger partial charge in [0.25, 0.3) is 5.91 Å². The predicted molar refractivity (Wildman–Crippen MR) is 97.8 cm³/mol. The zero-order chi connectivity index (χ0) is 19.2. The second-order valence-corrected chi connectivity index (χ2v) is 6.52. The molecule has 3 rings (SSSR count). The Morgan fingerprint density at radius 2 is 2.00 bits per heavy atom. The first kappa shape index (κ1) is 18.8. The van der Waals surface area contributed by atoms with Crippen molar-refractivity contribution in [1.29, 1.82) is 0 Å². The highest BCUT2D eigenvalue weighted by Crippen LogP contribution is 2.21. The van der Waals surface area contributed by atoms with E-state index in [0.29, 0.717) is 25.9 Å². The van der Waals surface area contributed by atoms with Gasteiger partial charge >= 0.3 is 0 Å². The van der Waals surface area contributed by atoms with E-state index in [0.717, 1.165) is 0 Å². The Hall–Kier alpha value is -3.03. The van der Waals surface area contributed by atoms with Crippen molar-refractivity contribution in [2.24, 2.45) is 0 Å². The maximum atomic E-state index is 12.7. The molecule has 2 aromatic rings. The molecule has 8 heteroatoms. The van der Waals surface area contributed by atoms with Gasteiger partial charge in [0.1, 0.15) is 6.04 Å². The lowest BCUT2D eigenvalue weighted by Crippen LogP contribution is -2.45. The number of likely N-dealkylation sites (tertiary alicyclic amines) is 1. The third-order valence-electron chi connectivity index (χ3n) is 4.58. The molecule has 0 unspecified atom stereocenters. The topological polar surface area (TPSA) is 96.6 Å². The van der Waals surface area contributed by atoms with Gasteiger partial charge in [-0.1, -0.05) is 0 Å². The van der Waals surface area contributed by atoms with Gasteiger partial charge in [0, 0.05) is 44.5 Å². The number of carbonyl (C=O) groups excluding carboxylic acids is 3. The van der Waals surface area contributed by atoms with Crippen LogP contribution in [0.25, 0.3) is 0 Å². The number of carbonyl (C=O) groups is 3. The quantitative estimate of drug-likeness (QED) is 0.758. The molecule has 144 valence electrons. The van der Waals surface area contributed by atoms with E-state index in [9.17, 15) is 14.4 Å². The van der Waals surface area contributed by atoms with Gasteiger partial charge < -0.3 is 24.5 Å². The van der Waals surface area contributed by atoms with E-state index in [1.807, 2.05) is 36.0 Å². The average Bonchev–Trinajstić information content (AvgIpc) is 3.40. The van der Waals surface area contributed by atoms with E-state index in [2.05, 4.69) is 10.6 Å². The van der Waals surface area contributed by atoms with Crippen molar-refractivity contribution in [2.75, 3.05) is 13.1 Å². The highest BCUT2D eigenvalue weighted by Gasteiger charge is 2.40. The van der Waals surface area contributed by atoms with Gasteiger partial charge in [-0.05, 0) is 37.6 Å². The molecule has 0 bridgehead atoms. The largest absolute Gasteiger partial charge is 0.459 e. The number of hydrogen-bond acceptors (Lipinski definition) is 4. The van der Waals surface area contributed by atoms with Crippen molar-refractivity contribution in [3.05, 3.63) is 48.7 Å². The van der Waals surface area contributed by atoms with Crippen LogP contribution in [-0.4, -0.2) is 52.4 Å². The van der Waals surface area contributed by atoms with Crippen LogP contribution in [0.4, 0.5) is 0 Å². The molecule has 2 aromatic heterocycles. The Balaban J connectivity index is 1.62. The third-order valence-corrected chi connectivity index (χ3v) is 4.58. The monoisotopic (exact) mass is 372 g/mol. The smallest absolute Gasteiger partial charge is 0.290 e. The Kier molecular flexibility index (Phi) is 5.95. The second-order valence-electron chi connectivity index (χ2n) is 6.52. The molecule has 2 N–H and O–H groups in total. The van der Waals surface area contributed by atoms with Crippen LogP contribution in [0, 0.1) is 0 Å². The number of hydrogen-bond donors (Lipinski definition) is 2. The molecule has 1 fully saturated rings. The minimum atomic E-state index is -0.628. The SMILES string of the molecule is CCNC(=O)[C@@H]1C[C@@H](NC(=O)CCn2cccc2)CN1C(=O)c1ccco1. The zero-order valence-electron chi connectivity index (χ0n) is 15.3. The van der Waals surface area contributed by atoms with Crippen molar-refractivity contribution < 1.29 is 18.8 Å². The molecule has 3 amide bonds. The van der Waals surface area contributed by atoms with Gasteiger partial charge in [0.2, 0.25) is 11.8 Å². The molecular formula is C19H24N4O4. The van der Waals surface area contributed by atoms with E-state index in [1.165, 1.54) is 11.2 Å². The molecule has 1 saturated heterocycles. The first-order valence-corrected chi connectivity index (χ1v) is 9.10. The first-order chi connectivity index (χ1) is 13.1. The Morgan fingerprint density at radius 3 is 2.67 bits per heavy atom. The number of rotatable bonds is 7. The van der Waals surface area contributed by atoms with Crippen LogP contribution in [-0.2, 0) is 16.1 Å². The van der Waals surface area contributed by atoms with Crippen LogP contribution in [0.5, 0.6) is 0 Å². The Morgan fingerprint density at radius 1 is 1.22 bits per heavy atom. The molecule has 0 aliphatic carbocycles. The van der Waals surface area contributed by atoms with E-state index in [4.69, 9.17) is 4.42 Å². The lowest BCUT2D eigenvalue weighted by molar-refractivity contribution is -0.125. The zero-order valence-corrected chi connectivity index (χ0v) is 15.3. The summed E-state index contributed by atoms with van der Waals surface area (Å²) in [5, 5.41) is 5.70. The summed E-state index contributed by atoms with van der Waals surface area (Å²) in [6.07, 6.45) is 5.94. The number of aryl methyl sites for hydroxylation is 1. The van der Waals surface area contributed by atoms with Crippen molar-refractivity contribution in [3.63, 3.8) is 0 Å². The van der Waals surface area contributed by atoms with Crippen LogP contribution < -0.4 is 10.6 Å².